The van der Waals surface area contributed by atoms with Gasteiger partial charge in [0.1, 0.15) is 0 Å². The van der Waals surface area contributed by atoms with Crippen molar-refractivity contribution in [3.8, 4) is 5.75 Å². The summed E-state index contributed by atoms with van der Waals surface area (Å²) in [5.74, 6) is 0.688. The van der Waals surface area contributed by atoms with Crippen LogP contribution in [0, 0.1) is 0 Å². The maximum absolute atomic E-state index is 4.85. The molecule has 0 saturated heterocycles. The molecule has 0 unspecified atom stereocenters. The number of benzene rings is 1. The van der Waals surface area contributed by atoms with E-state index >= 15 is 0 Å². The fourth-order valence-corrected chi connectivity index (χ4v) is 1.37. The average molecular weight is 212 g/mol. The summed E-state index contributed by atoms with van der Waals surface area (Å²) >= 11 is 0. The van der Waals surface area contributed by atoms with Crippen LogP contribution in [0.4, 0.5) is 0 Å². The second-order valence-electron chi connectivity index (χ2n) is 3.57. The van der Waals surface area contributed by atoms with E-state index in [4.69, 9.17) is 8.05 Å². The highest BCUT2D eigenvalue weighted by molar-refractivity contribution is 5.99. The maximum atomic E-state index is 4.85. The number of para-hydroxylation sites is 1. The summed E-state index contributed by atoms with van der Waals surface area (Å²) in [7, 11) is 4.85. The first-order valence-electron chi connectivity index (χ1n) is 5.67. The molecule has 1 nitrogen and oxygen atoms in total. The van der Waals surface area contributed by atoms with Gasteiger partial charge in [-0.05, 0) is 37.8 Å². The van der Waals surface area contributed by atoms with Gasteiger partial charge in [0.25, 0.3) is 0 Å². The molecule has 1 aliphatic carbocycles. The van der Waals surface area contributed by atoms with Crippen LogP contribution in [0.2, 0.25) is 0 Å². The van der Waals surface area contributed by atoms with Crippen LogP contribution in [0.3, 0.4) is 0 Å². The highest BCUT2D eigenvalue weighted by atomic mass is 16.4. The van der Waals surface area contributed by atoms with E-state index in [0.29, 0.717) is 5.75 Å². The Labute approximate surface area is 99.3 Å². The van der Waals surface area contributed by atoms with Crippen LogP contribution in [0.15, 0.2) is 54.6 Å². The Morgan fingerprint density at radius 2 is 1.44 bits per heavy atom. The predicted octanol–water partition coefficient (Wildman–Crippen LogP) is 3.82. The van der Waals surface area contributed by atoms with E-state index in [0.717, 1.165) is 0 Å². The predicted molar refractivity (Wildman–Crippen MR) is 69.6 cm³/mol. The van der Waals surface area contributed by atoms with Crippen LogP contribution in [0.1, 0.15) is 25.7 Å². The zero-order valence-corrected chi connectivity index (χ0v) is 9.51. The molecule has 0 atom stereocenters. The first-order valence-corrected chi connectivity index (χ1v) is 5.67. The summed E-state index contributed by atoms with van der Waals surface area (Å²) < 4.78 is 4.41. The minimum atomic E-state index is 0.688. The third kappa shape index (κ3) is 6.12. The van der Waals surface area contributed by atoms with Crippen LogP contribution >= 0.6 is 0 Å². The standard InChI is InChI=1S/C8H12.C6H5BO/c1-2-4-6-8-7-5-3-1;7-8-6-4-2-1-3-5-6/h1-4H,5-8H2;1-5H. The molecule has 82 valence electrons. The summed E-state index contributed by atoms with van der Waals surface area (Å²) in [6.07, 6.45) is 14.0. The van der Waals surface area contributed by atoms with E-state index in [1.54, 1.807) is 12.1 Å². The van der Waals surface area contributed by atoms with Crippen LogP contribution in [-0.2, 0) is 0 Å². The Balaban J connectivity index is 0.000000160. The third-order valence-electron chi connectivity index (χ3n) is 2.25. The first-order chi connectivity index (χ1) is 7.93. The third-order valence-corrected chi connectivity index (χ3v) is 2.25. The summed E-state index contributed by atoms with van der Waals surface area (Å²) in [6, 6.07) is 9.22. The lowest BCUT2D eigenvalue weighted by atomic mass is 10.1. The van der Waals surface area contributed by atoms with Gasteiger partial charge in [0.15, 0.2) is 0 Å². The summed E-state index contributed by atoms with van der Waals surface area (Å²) in [4.78, 5) is 0. The van der Waals surface area contributed by atoms with Crippen molar-refractivity contribution in [2.45, 2.75) is 25.7 Å². The minimum Gasteiger partial charge on any atom is -0.568 e. The van der Waals surface area contributed by atoms with Crippen molar-refractivity contribution in [2.75, 3.05) is 0 Å². The van der Waals surface area contributed by atoms with Crippen molar-refractivity contribution in [3.05, 3.63) is 54.6 Å². The smallest absolute Gasteiger partial charge is 0.374 e. The fourth-order valence-electron chi connectivity index (χ4n) is 1.37. The SMILES string of the molecule is C1=CCCCCC=C1.[B]Oc1ccccc1. The molecule has 2 radical (unpaired) electrons. The number of hydrogen-bond acceptors (Lipinski definition) is 1. The van der Waals surface area contributed by atoms with Crippen molar-refractivity contribution < 1.29 is 4.65 Å². The van der Waals surface area contributed by atoms with Gasteiger partial charge in [-0.25, -0.2) is 0 Å². The van der Waals surface area contributed by atoms with E-state index < -0.39 is 0 Å². The fraction of sp³-hybridized carbons (Fsp3) is 0.286. The molecule has 0 bridgehead atoms. The van der Waals surface area contributed by atoms with Gasteiger partial charge in [-0.1, -0.05) is 42.5 Å². The van der Waals surface area contributed by atoms with Crippen LogP contribution in [0.25, 0.3) is 0 Å². The topological polar surface area (TPSA) is 9.23 Å². The quantitative estimate of drug-likeness (QED) is 0.643. The molecule has 0 saturated carbocycles. The monoisotopic (exact) mass is 212 g/mol. The molecule has 1 aliphatic rings. The molecule has 2 rings (SSSR count). The highest BCUT2D eigenvalue weighted by Crippen LogP contribution is 2.05. The molecule has 0 N–H and O–H groups in total. The van der Waals surface area contributed by atoms with E-state index in [2.05, 4.69) is 29.0 Å². The van der Waals surface area contributed by atoms with Gasteiger partial charge in [-0.2, -0.15) is 0 Å². The summed E-state index contributed by atoms with van der Waals surface area (Å²) in [6.45, 7) is 0. The molecule has 0 aliphatic heterocycles. The lowest BCUT2D eigenvalue weighted by molar-refractivity contribution is 0.616. The van der Waals surface area contributed by atoms with Gasteiger partial charge in [-0.3, -0.25) is 0 Å². The van der Waals surface area contributed by atoms with Gasteiger partial charge in [0, 0.05) is 0 Å². The lowest BCUT2D eigenvalue weighted by Crippen LogP contribution is -1.81. The normalized spacial score (nSPS) is 14.2. The second-order valence-corrected chi connectivity index (χ2v) is 3.57. The Morgan fingerprint density at radius 3 is 1.88 bits per heavy atom. The van der Waals surface area contributed by atoms with Gasteiger partial charge < -0.3 is 4.65 Å². The van der Waals surface area contributed by atoms with Crippen molar-refractivity contribution in [1.29, 1.82) is 0 Å². The van der Waals surface area contributed by atoms with E-state index in [1.165, 1.54) is 25.7 Å². The van der Waals surface area contributed by atoms with Crippen LogP contribution < -0.4 is 4.65 Å². The van der Waals surface area contributed by atoms with Gasteiger partial charge >= 0.3 is 8.05 Å². The first kappa shape index (κ1) is 12.6. The average Bonchev–Trinajstić information content (AvgIpc) is 2.30. The molecular weight excluding hydrogens is 195 g/mol. The molecule has 1 aromatic rings. The van der Waals surface area contributed by atoms with Gasteiger partial charge in [-0.15, -0.1) is 0 Å². The zero-order valence-electron chi connectivity index (χ0n) is 9.51. The number of allylic oxidation sites excluding steroid dienone is 4. The number of hydrogen-bond donors (Lipinski definition) is 0. The molecule has 0 aromatic heterocycles. The second kappa shape index (κ2) is 8.84. The highest BCUT2D eigenvalue weighted by Gasteiger charge is 1.84. The van der Waals surface area contributed by atoms with Crippen molar-refractivity contribution in [2.24, 2.45) is 0 Å². The minimum absolute atomic E-state index is 0.688. The molecule has 0 spiro atoms. The largest absolute Gasteiger partial charge is 0.568 e. The molecular formula is C14H17BO. The van der Waals surface area contributed by atoms with Crippen molar-refractivity contribution in [1.82, 2.24) is 0 Å². The molecule has 0 heterocycles. The lowest BCUT2D eigenvalue weighted by Gasteiger charge is -1.94. The Hall–Kier alpha value is -1.44. The number of rotatable bonds is 1. The Bertz CT molecular complexity index is 303. The van der Waals surface area contributed by atoms with E-state index in [-0.39, 0.29) is 0 Å². The Morgan fingerprint density at radius 1 is 0.875 bits per heavy atom. The molecule has 16 heavy (non-hydrogen) atoms. The van der Waals surface area contributed by atoms with E-state index in [9.17, 15) is 0 Å². The molecule has 0 fully saturated rings. The van der Waals surface area contributed by atoms with Gasteiger partial charge in [0.2, 0.25) is 0 Å². The Kier molecular flexibility index (Phi) is 6.98. The van der Waals surface area contributed by atoms with Crippen molar-refractivity contribution in [3.63, 3.8) is 0 Å². The van der Waals surface area contributed by atoms with Crippen LogP contribution in [-0.4, -0.2) is 8.05 Å². The van der Waals surface area contributed by atoms with E-state index in [1.807, 2.05) is 18.2 Å². The maximum Gasteiger partial charge on any atom is 0.374 e. The van der Waals surface area contributed by atoms with Crippen LogP contribution in [0.5, 0.6) is 5.75 Å². The molecule has 2 heteroatoms. The molecule has 1 aromatic carbocycles. The summed E-state index contributed by atoms with van der Waals surface area (Å²) in [5.41, 5.74) is 0. The van der Waals surface area contributed by atoms with Crippen molar-refractivity contribution >= 4 is 8.05 Å². The summed E-state index contributed by atoms with van der Waals surface area (Å²) in [5, 5.41) is 0. The van der Waals surface area contributed by atoms with Gasteiger partial charge in [0.05, 0.1) is 5.75 Å². The molecule has 0 amide bonds. The zero-order chi connectivity index (χ0) is 11.5.